The SMILES string of the molecule is C[C@H](C(=O)Nc1nncs1)N1CCN(c2ccc(F)cc2)CC1. The fraction of sp³-hybridized carbons (Fsp3) is 0.400. The van der Waals surface area contributed by atoms with Gasteiger partial charge < -0.3 is 4.90 Å². The predicted octanol–water partition coefficient (Wildman–Crippen LogP) is 1.83. The summed E-state index contributed by atoms with van der Waals surface area (Å²) in [6.45, 7) is 5.07. The summed E-state index contributed by atoms with van der Waals surface area (Å²) in [4.78, 5) is 16.6. The number of anilines is 2. The highest BCUT2D eigenvalue weighted by molar-refractivity contribution is 7.13. The second-order valence-electron chi connectivity index (χ2n) is 5.41. The van der Waals surface area contributed by atoms with Crippen LogP contribution in [-0.2, 0) is 4.79 Å². The van der Waals surface area contributed by atoms with Gasteiger partial charge in [-0.15, -0.1) is 10.2 Å². The summed E-state index contributed by atoms with van der Waals surface area (Å²) in [7, 11) is 0. The molecule has 0 saturated carbocycles. The second kappa shape index (κ2) is 7.01. The van der Waals surface area contributed by atoms with Crippen molar-refractivity contribution < 1.29 is 9.18 Å². The molecule has 1 aromatic heterocycles. The molecule has 0 radical (unpaired) electrons. The molecular formula is C15H18FN5OS. The monoisotopic (exact) mass is 335 g/mol. The normalized spacial score (nSPS) is 17.0. The Kier molecular flexibility index (Phi) is 4.82. The van der Waals surface area contributed by atoms with E-state index < -0.39 is 0 Å². The van der Waals surface area contributed by atoms with Crippen LogP contribution in [-0.4, -0.2) is 53.2 Å². The number of aromatic nitrogens is 2. The molecule has 2 aromatic rings. The van der Waals surface area contributed by atoms with E-state index >= 15 is 0 Å². The van der Waals surface area contributed by atoms with Crippen molar-refractivity contribution in [3.05, 3.63) is 35.6 Å². The van der Waals surface area contributed by atoms with E-state index in [1.54, 1.807) is 17.6 Å². The summed E-state index contributed by atoms with van der Waals surface area (Å²) in [5.41, 5.74) is 2.60. The highest BCUT2D eigenvalue weighted by Crippen LogP contribution is 2.18. The molecule has 1 fully saturated rings. The smallest absolute Gasteiger partial charge is 0.243 e. The number of amides is 1. The van der Waals surface area contributed by atoms with Gasteiger partial charge in [-0.3, -0.25) is 15.0 Å². The average Bonchev–Trinajstić information content (AvgIpc) is 3.08. The zero-order valence-corrected chi connectivity index (χ0v) is 13.6. The first-order valence-electron chi connectivity index (χ1n) is 7.45. The largest absolute Gasteiger partial charge is 0.369 e. The molecule has 3 rings (SSSR count). The van der Waals surface area contributed by atoms with Crippen molar-refractivity contribution in [1.29, 1.82) is 0 Å². The third-order valence-corrected chi connectivity index (χ3v) is 4.63. The van der Waals surface area contributed by atoms with Gasteiger partial charge in [0.05, 0.1) is 6.04 Å². The average molecular weight is 335 g/mol. The molecule has 1 aliphatic heterocycles. The quantitative estimate of drug-likeness (QED) is 0.924. The van der Waals surface area contributed by atoms with E-state index in [2.05, 4.69) is 25.3 Å². The minimum Gasteiger partial charge on any atom is -0.369 e. The van der Waals surface area contributed by atoms with Crippen molar-refractivity contribution in [3.63, 3.8) is 0 Å². The minimum absolute atomic E-state index is 0.0722. The van der Waals surface area contributed by atoms with Gasteiger partial charge in [-0.1, -0.05) is 11.3 Å². The standard InChI is InChI=1S/C15H18FN5OS/c1-11(14(22)18-15-19-17-10-23-15)20-6-8-21(9-7-20)13-4-2-12(16)3-5-13/h2-5,10-11H,6-9H2,1H3,(H,18,19,22)/t11-/m1/s1. The number of nitrogens with zero attached hydrogens (tertiary/aromatic N) is 4. The van der Waals surface area contributed by atoms with E-state index in [0.29, 0.717) is 5.13 Å². The number of halogens is 1. The first kappa shape index (κ1) is 15.8. The third kappa shape index (κ3) is 3.83. The van der Waals surface area contributed by atoms with Gasteiger partial charge in [0, 0.05) is 31.9 Å². The zero-order chi connectivity index (χ0) is 16.2. The van der Waals surface area contributed by atoms with Gasteiger partial charge in [0.25, 0.3) is 0 Å². The van der Waals surface area contributed by atoms with Crippen LogP contribution in [0.3, 0.4) is 0 Å². The first-order chi connectivity index (χ1) is 11.1. The lowest BCUT2D eigenvalue weighted by atomic mass is 10.2. The van der Waals surface area contributed by atoms with Crippen LogP contribution < -0.4 is 10.2 Å². The second-order valence-corrected chi connectivity index (χ2v) is 6.24. The molecule has 1 aromatic carbocycles. The molecule has 1 atom stereocenters. The number of carbonyl (C=O) groups is 1. The number of carbonyl (C=O) groups excluding carboxylic acids is 1. The topological polar surface area (TPSA) is 61.4 Å². The summed E-state index contributed by atoms with van der Waals surface area (Å²) < 4.78 is 13.0. The van der Waals surface area contributed by atoms with Crippen molar-refractivity contribution in [2.75, 3.05) is 36.4 Å². The minimum atomic E-state index is -0.228. The molecule has 0 spiro atoms. The summed E-state index contributed by atoms with van der Waals surface area (Å²) in [6, 6.07) is 6.29. The van der Waals surface area contributed by atoms with Gasteiger partial charge in [0.15, 0.2) is 0 Å². The molecular weight excluding hydrogens is 317 g/mol. The van der Waals surface area contributed by atoms with Crippen LogP contribution in [0.1, 0.15) is 6.92 Å². The lowest BCUT2D eigenvalue weighted by Gasteiger charge is -2.38. The van der Waals surface area contributed by atoms with E-state index in [1.165, 1.54) is 23.5 Å². The molecule has 23 heavy (non-hydrogen) atoms. The zero-order valence-electron chi connectivity index (χ0n) is 12.8. The molecule has 1 N–H and O–H groups in total. The van der Waals surface area contributed by atoms with Crippen LogP contribution in [0, 0.1) is 5.82 Å². The van der Waals surface area contributed by atoms with E-state index in [1.807, 2.05) is 6.92 Å². The van der Waals surface area contributed by atoms with Gasteiger partial charge >= 0.3 is 0 Å². The van der Waals surface area contributed by atoms with Gasteiger partial charge in [-0.2, -0.15) is 0 Å². The Morgan fingerprint density at radius 1 is 1.26 bits per heavy atom. The van der Waals surface area contributed by atoms with Crippen LogP contribution >= 0.6 is 11.3 Å². The Labute approximate surface area is 137 Å². The number of hydrogen-bond acceptors (Lipinski definition) is 6. The van der Waals surface area contributed by atoms with Crippen molar-refractivity contribution in [2.45, 2.75) is 13.0 Å². The van der Waals surface area contributed by atoms with Gasteiger partial charge in [-0.05, 0) is 31.2 Å². The van der Waals surface area contributed by atoms with Crippen molar-refractivity contribution in [1.82, 2.24) is 15.1 Å². The van der Waals surface area contributed by atoms with Crippen LogP contribution in [0.2, 0.25) is 0 Å². The van der Waals surface area contributed by atoms with Crippen LogP contribution in [0.4, 0.5) is 15.2 Å². The van der Waals surface area contributed by atoms with Gasteiger partial charge in [0.1, 0.15) is 11.3 Å². The molecule has 6 nitrogen and oxygen atoms in total. The number of piperazine rings is 1. The van der Waals surface area contributed by atoms with Crippen LogP contribution in [0.25, 0.3) is 0 Å². The maximum Gasteiger partial charge on any atom is 0.243 e. The van der Waals surface area contributed by atoms with E-state index in [9.17, 15) is 9.18 Å². The highest BCUT2D eigenvalue weighted by atomic mass is 32.1. The molecule has 0 unspecified atom stereocenters. The Balaban J connectivity index is 1.53. The molecule has 8 heteroatoms. The van der Waals surface area contributed by atoms with E-state index in [4.69, 9.17) is 0 Å². The Bertz CT molecular complexity index is 640. The molecule has 1 saturated heterocycles. The molecule has 0 aliphatic carbocycles. The van der Waals surface area contributed by atoms with Crippen molar-refractivity contribution in [2.24, 2.45) is 0 Å². The lowest BCUT2D eigenvalue weighted by Crippen LogP contribution is -2.52. The number of nitrogens with one attached hydrogen (secondary N) is 1. The Morgan fingerprint density at radius 3 is 2.57 bits per heavy atom. The Morgan fingerprint density at radius 2 is 1.96 bits per heavy atom. The lowest BCUT2D eigenvalue weighted by molar-refractivity contribution is -0.120. The van der Waals surface area contributed by atoms with Gasteiger partial charge in [-0.25, -0.2) is 4.39 Å². The fourth-order valence-corrected chi connectivity index (χ4v) is 3.07. The third-order valence-electron chi connectivity index (χ3n) is 4.02. The summed E-state index contributed by atoms with van der Waals surface area (Å²) >= 11 is 1.30. The summed E-state index contributed by atoms with van der Waals surface area (Å²) in [5, 5.41) is 10.8. The van der Waals surface area contributed by atoms with Crippen LogP contribution in [0.5, 0.6) is 0 Å². The molecule has 0 bridgehead atoms. The number of hydrogen-bond donors (Lipinski definition) is 1. The van der Waals surface area contributed by atoms with E-state index in [0.717, 1.165) is 31.9 Å². The summed E-state index contributed by atoms with van der Waals surface area (Å²) in [6.07, 6.45) is 0. The van der Waals surface area contributed by atoms with Gasteiger partial charge in [0.2, 0.25) is 11.0 Å². The Hall–Kier alpha value is -2.06. The predicted molar refractivity (Wildman–Crippen MR) is 88.2 cm³/mol. The number of benzene rings is 1. The van der Waals surface area contributed by atoms with Crippen LogP contribution in [0.15, 0.2) is 29.8 Å². The molecule has 1 aliphatic rings. The first-order valence-corrected chi connectivity index (χ1v) is 8.33. The number of rotatable bonds is 4. The van der Waals surface area contributed by atoms with Crippen molar-refractivity contribution in [3.8, 4) is 0 Å². The fourth-order valence-electron chi connectivity index (χ4n) is 2.62. The summed E-state index contributed by atoms with van der Waals surface area (Å²) in [5.74, 6) is -0.300. The highest BCUT2D eigenvalue weighted by Gasteiger charge is 2.26. The molecule has 122 valence electrons. The van der Waals surface area contributed by atoms with Crippen molar-refractivity contribution >= 4 is 28.1 Å². The molecule has 1 amide bonds. The van der Waals surface area contributed by atoms with E-state index in [-0.39, 0.29) is 17.8 Å². The molecule has 2 heterocycles. The maximum absolute atomic E-state index is 13.0. The maximum atomic E-state index is 13.0.